The molecule has 0 atom stereocenters. The van der Waals surface area contributed by atoms with Crippen LogP contribution < -0.4 is 0 Å². The molecule has 0 aliphatic rings. The molecule has 0 aromatic heterocycles. The second kappa shape index (κ2) is 8.93. The Morgan fingerprint density at radius 1 is 0.485 bits per heavy atom. The van der Waals surface area contributed by atoms with E-state index in [9.17, 15) is 10.1 Å². The molecule has 0 aliphatic heterocycles. The third-order valence-electron chi connectivity index (χ3n) is 5.66. The third kappa shape index (κ3) is 3.92. The zero-order valence-electron chi connectivity index (χ0n) is 17.8. The van der Waals surface area contributed by atoms with Crippen molar-refractivity contribution in [1.29, 1.82) is 0 Å². The number of hydrogen-bond donors (Lipinski definition) is 0. The molecule has 0 fully saturated rings. The maximum atomic E-state index is 12.7. The number of nitrogens with zero attached hydrogens (tertiary/aromatic N) is 1. The molecule has 3 nitrogen and oxygen atoms in total. The molecule has 0 heterocycles. The minimum absolute atomic E-state index is 0.0869. The second-order valence-corrected chi connectivity index (χ2v) is 7.69. The minimum atomic E-state index is -0.253. The smallest absolute Gasteiger partial charge is 0.258 e. The van der Waals surface area contributed by atoms with E-state index in [1.165, 1.54) is 0 Å². The van der Waals surface area contributed by atoms with Gasteiger partial charge >= 0.3 is 0 Å². The van der Waals surface area contributed by atoms with E-state index >= 15 is 0 Å². The fourth-order valence-corrected chi connectivity index (χ4v) is 4.21. The topological polar surface area (TPSA) is 43.1 Å². The van der Waals surface area contributed by atoms with Crippen molar-refractivity contribution in [3.05, 3.63) is 138 Å². The first-order valence-electron chi connectivity index (χ1n) is 10.7. The summed E-state index contributed by atoms with van der Waals surface area (Å²) in [4.78, 5) is 12.5. The van der Waals surface area contributed by atoms with Crippen molar-refractivity contribution in [3.8, 4) is 44.5 Å². The van der Waals surface area contributed by atoms with E-state index in [4.69, 9.17) is 0 Å². The molecule has 33 heavy (non-hydrogen) atoms. The summed E-state index contributed by atoms with van der Waals surface area (Å²) < 4.78 is 0. The van der Waals surface area contributed by atoms with Gasteiger partial charge in [0.15, 0.2) is 0 Å². The summed E-state index contributed by atoms with van der Waals surface area (Å²) in [5.74, 6) is 0. The Morgan fingerprint density at radius 2 is 0.788 bits per heavy atom. The highest BCUT2D eigenvalue weighted by Gasteiger charge is 2.30. The minimum Gasteiger partial charge on any atom is -0.258 e. The first-order chi connectivity index (χ1) is 16.2. The maximum absolute atomic E-state index is 12.7. The molecular weight excluding hydrogens is 406 g/mol. The molecule has 0 N–H and O–H groups in total. The van der Waals surface area contributed by atoms with Gasteiger partial charge in [-0.25, -0.2) is 0 Å². The number of benzene rings is 5. The fourth-order valence-electron chi connectivity index (χ4n) is 4.21. The van der Waals surface area contributed by atoms with Crippen LogP contribution in [0.5, 0.6) is 0 Å². The number of rotatable bonds is 5. The zero-order valence-corrected chi connectivity index (χ0v) is 17.8. The summed E-state index contributed by atoms with van der Waals surface area (Å²) in [6.07, 6.45) is 0. The monoisotopic (exact) mass is 426 g/mol. The quantitative estimate of drug-likeness (QED) is 0.211. The second-order valence-electron chi connectivity index (χ2n) is 7.69. The van der Waals surface area contributed by atoms with Gasteiger partial charge in [-0.3, -0.25) is 10.1 Å². The van der Waals surface area contributed by atoms with Crippen molar-refractivity contribution in [1.82, 2.24) is 0 Å². The lowest BCUT2D eigenvalue weighted by Gasteiger charge is -2.18. The molecule has 5 rings (SSSR count). The molecule has 0 bridgehead atoms. The summed E-state index contributed by atoms with van der Waals surface area (Å²) >= 11 is 0. The van der Waals surface area contributed by atoms with Crippen molar-refractivity contribution in [3.63, 3.8) is 0 Å². The summed E-state index contributed by atoms with van der Waals surface area (Å²) in [7, 11) is 0. The average Bonchev–Trinajstić information content (AvgIpc) is 2.89. The highest BCUT2D eigenvalue weighted by atomic mass is 16.6. The van der Waals surface area contributed by atoms with E-state index in [-0.39, 0.29) is 10.6 Å². The van der Waals surface area contributed by atoms with E-state index in [0.717, 1.165) is 22.3 Å². The Labute approximate surface area is 192 Å². The standard InChI is InChI=1S/C30H20NO2/c32-31(33)30-28(24-17-9-3-10-18-24)26(22-13-5-1-6-14-22)21-27(23-15-7-2-8-16-23)29(30)25-19-11-4-12-20-25/h1-20H. The van der Waals surface area contributed by atoms with Crippen LogP contribution in [0.25, 0.3) is 44.5 Å². The summed E-state index contributed by atoms with van der Waals surface area (Å²) in [6, 6.07) is 42.2. The van der Waals surface area contributed by atoms with Crippen molar-refractivity contribution < 1.29 is 4.92 Å². The molecule has 0 saturated heterocycles. The number of nitro groups is 1. The van der Waals surface area contributed by atoms with Crippen LogP contribution in [0.15, 0.2) is 121 Å². The summed E-state index contributed by atoms with van der Waals surface area (Å²) in [5, 5.41) is 12.7. The molecule has 3 heteroatoms. The SMILES string of the molecule is O=[N+]([O-])c1c(-c2ccccc2)c(-c2ccccc2)[c]c(-c2ccccc2)c1-c1ccccc1. The van der Waals surface area contributed by atoms with E-state index in [1.54, 1.807) is 0 Å². The molecule has 0 unspecified atom stereocenters. The lowest BCUT2D eigenvalue weighted by molar-refractivity contribution is -0.383. The van der Waals surface area contributed by atoms with Crippen LogP contribution in [-0.2, 0) is 0 Å². The number of nitro benzene ring substituents is 1. The van der Waals surface area contributed by atoms with Gasteiger partial charge < -0.3 is 0 Å². The van der Waals surface area contributed by atoms with Gasteiger partial charge in [-0.15, -0.1) is 0 Å². The van der Waals surface area contributed by atoms with Crippen molar-refractivity contribution in [2.75, 3.05) is 0 Å². The van der Waals surface area contributed by atoms with Gasteiger partial charge in [0.1, 0.15) is 0 Å². The van der Waals surface area contributed by atoms with Crippen LogP contribution in [-0.4, -0.2) is 4.92 Å². The molecule has 157 valence electrons. The van der Waals surface area contributed by atoms with Gasteiger partial charge in [0, 0.05) is 17.2 Å². The molecule has 0 saturated carbocycles. The molecule has 1 radical (unpaired) electrons. The van der Waals surface area contributed by atoms with E-state index in [0.29, 0.717) is 22.3 Å². The van der Waals surface area contributed by atoms with Gasteiger partial charge in [0.2, 0.25) is 0 Å². The molecule has 0 amide bonds. The van der Waals surface area contributed by atoms with Gasteiger partial charge in [0.05, 0.1) is 16.1 Å². The van der Waals surface area contributed by atoms with Crippen molar-refractivity contribution in [2.45, 2.75) is 0 Å². The van der Waals surface area contributed by atoms with Gasteiger partial charge in [-0.2, -0.15) is 0 Å². The first-order valence-corrected chi connectivity index (χ1v) is 10.7. The highest BCUT2D eigenvalue weighted by molar-refractivity contribution is 6.02. The van der Waals surface area contributed by atoms with E-state index in [2.05, 4.69) is 6.07 Å². The van der Waals surface area contributed by atoms with Crippen LogP contribution in [0.1, 0.15) is 0 Å². The predicted octanol–water partition coefficient (Wildman–Crippen LogP) is 8.06. The Hall–Kier alpha value is -4.50. The van der Waals surface area contributed by atoms with Gasteiger partial charge in [-0.05, 0) is 22.3 Å². The van der Waals surface area contributed by atoms with Crippen molar-refractivity contribution >= 4 is 5.69 Å². The largest absolute Gasteiger partial charge is 0.286 e. The Morgan fingerprint density at radius 3 is 1.09 bits per heavy atom. The molecular formula is C30H20NO2. The molecule has 0 spiro atoms. The fraction of sp³-hybridized carbons (Fsp3) is 0. The Kier molecular flexibility index (Phi) is 5.52. The summed E-state index contributed by atoms with van der Waals surface area (Å²) in [6.45, 7) is 0. The maximum Gasteiger partial charge on any atom is 0.286 e. The Bertz CT molecular complexity index is 1300. The zero-order chi connectivity index (χ0) is 22.6. The van der Waals surface area contributed by atoms with Crippen LogP contribution in [0, 0.1) is 16.2 Å². The lowest BCUT2D eigenvalue weighted by Crippen LogP contribution is -2.01. The van der Waals surface area contributed by atoms with Crippen LogP contribution in [0.3, 0.4) is 0 Å². The van der Waals surface area contributed by atoms with Crippen molar-refractivity contribution in [2.24, 2.45) is 0 Å². The van der Waals surface area contributed by atoms with Crippen LogP contribution >= 0.6 is 0 Å². The number of hydrogen-bond acceptors (Lipinski definition) is 2. The van der Waals surface area contributed by atoms with E-state index < -0.39 is 0 Å². The normalized spacial score (nSPS) is 10.7. The van der Waals surface area contributed by atoms with Gasteiger partial charge in [0.25, 0.3) is 5.69 Å². The molecule has 5 aromatic carbocycles. The van der Waals surface area contributed by atoms with Gasteiger partial charge in [-0.1, -0.05) is 121 Å². The molecule has 5 aromatic rings. The van der Waals surface area contributed by atoms with Crippen LogP contribution in [0.4, 0.5) is 5.69 Å². The van der Waals surface area contributed by atoms with Crippen LogP contribution in [0.2, 0.25) is 0 Å². The predicted molar refractivity (Wildman–Crippen MR) is 134 cm³/mol. The third-order valence-corrected chi connectivity index (χ3v) is 5.66. The average molecular weight is 426 g/mol. The molecule has 0 aliphatic carbocycles. The Balaban J connectivity index is 1.98. The van der Waals surface area contributed by atoms with E-state index in [1.807, 2.05) is 121 Å². The highest BCUT2D eigenvalue weighted by Crippen LogP contribution is 2.49. The summed E-state index contributed by atoms with van der Waals surface area (Å²) in [5.41, 5.74) is 6.01. The lowest BCUT2D eigenvalue weighted by atomic mass is 9.84. The first kappa shape index (κ1) is 20.4.